The number of carbonyl (C=O) groups is 1. The standard InChI is InChI=1S/C15H19BrN2O2/c1-2-17-7-9-18(10-8-17)14-11-13(16)5-3-12(14)4-6-15(19)20/h3-6,11H,2,7-10H2,1H3,(H,19,20)/b6-4+. The highest BCUT2D eigenvalue weighted by Gasteiger charge is 2.17. The Morgan fingerprint density at radius 2 is 2.05 bits per heavy atom. The van der Waals surface area contributed by atoms with Crippen LogP contribution < -0.4 is 4.90 Å². The normalized spacial score (nSPS) is 16.8. The third-order valence-corrected chi connectivity index (χ3v) is 4.05. The highest BCUT2D eigenvalue weighted by molar-refractivity contribution is 9.10. The van der Waals surface area contributed by atoms with Gasteiger partial charge in [-0.3, -0.25) is 0 Å². The molecule has 108 valence electrons. The van der Waals surface area contributed by atoms with Crippen molar-refractivity contribution >= 4 is 33.7 Å². The number of carboxylic acid groups (broad SMARTS) is 1. The van der Waals surface area contributed by atoms with Gasteiger partial charge >= 0.3 is 5.97 Å². The van der Waals surface area contributed by atoms with Crippen molar-refractivity contribution in [3.8, 4) is 0 Å². The van der Waals surface area contributed by atoms with Gasteiger partial charge in [-0.2, -0.15) is 0 Å². The quantitative estimate of drug-likeness (QED) is 0.857. The molecule has 4 nitrogen and oxygen atoms in total. The molecule has 1 aromatic rings. The molecule has 1 aliphatic heterocycles. The monoisotopic (exact) mass is 338 g/mol. The second-order valence-corrected chi connectivity index (χ2v) is 5.71. The Kier molecular flexibility index (Phi) is 5.20. The number of anilines is 1. The van der Waals surface area contributed by atoms with Crippen molar-refractivity contribution < 1.29 is 9.90 Å². The number of hydrogen-bond donors (Lipinski definition) is 1. The van der Waals surface area contributed by atoms with Crippen LogP contribution in [0.2, 0.25) is 0 Å². The summed E-state index contributed by atoms with van der Waals surface area (Å²) in [6.45, 7) is 7.29. The smallest absolute Gasteiger partial charge is 0.328 e. The van der Waals surface area contributed by atoms with Crippen LogP contribution in [0.15, 0.2) is 28.7 Å². The van der Waals surface area contributed by atoms with Crippen molar-refractivity contribution in [3.63, 3.8) is 0 Å². The molecule has 2 rings (SSSR count). The van der Waals surface area contributed by atoms with Gasteiger partial charge in [-0.1, -0.05) is 28.9 Å². The molecule has 0 unspecified atom stereocenters. The van der Waals surface area contributed by atoms with Gasteiger partial charge in [0.15, 0.2) is 0 Å². The molecule has 0 bridgehead atoms. The van der Waals surface area contributed by atoms with E-state index in [1.54, 1.807) is 6.08 Å². The molecule has 1 fully saturated rings. The number of likely N-dealkylation sites (N-methyl/N-ethyl adjacent to an activating group) is 1. The maximum absolute atomic E-state index is 10.7. The predicted octanol–water partition coefficient (Wildman–Crippen LogP) is 2.69. The van der Waals surface area contributed by atoms with Gasteiger partial charge in [0.1, 0.15) is 0 Å². The van der Waals surface area contributed by atoms with E-state index in [0.29, 0.717) is 0 Å². The molecule has 1 N–H and O–H groups in total. The van der Waals surface area contributed by atoms with E-state index < -0.39 is 5.97 Å². The van der Waals surface area contributed by atoms with Crippen LogP contribution in [0, 0.1) is 0 Å². The maximum atomic E-state index is 10.7. The summed E-state index contributed by atoms with van der Waals surface area (Å²) >= 11 is 3.49. The second-order valence-electron chi connectivity index (χ2n) is 4.80. The van der Waals surface area contributed by atoms with Gasteiger partial charge in [-0.05, 0) is 30.3 Å². The van der Waals surface area contributed by atoms with Crippen LogP contribution in [-0.2, 0) is 4.79 Å². The number of benzene rings is 1. The van der Waals surface area contributed by atoms with Crippen molar-refractivity contribution in [1.82, 2.24) is 4.90 Å². The molecule has 0 aliphatic carbocycles. The largest absolute Gasteiger partial charge is 0.478 e. The van der Waals surface area contributed by atoms with Gasteiger partial charge in [-0.25, -0.2) is 4.79 Å². The summed E-state index contributed by atoms with van der Waals surface area (Å²) in [5.74, 6) is -0.922. The Balaban J connectivity index is 2.21. The van der Waals surface area contributed by atoms with E-state index in [1.165, 1.54) is 6.08 Å². The number of halogens is 1. The van der Waals surface area contributed by atoms with Gasteiger partial charge in [-0.15, -0.1) is 0 Å². The number of carboxylic acids is 1. The fraction of sp³-hybridized carbons (Fsp3) is 0.400. The summed E-state index contributed by atoms with van der Waals surface area (Å²) in [6.07, 6.45) is 2.85. The zero-order valence-electron chi connectivity index (χ0n) is 11.6. The van der Waals surface area contributed by atoms with Gasteiger partial charge in [0, 0.05) is 42.4 Å². The van der Waals surface area contributed by atoms with Crippen molar-refractivity contribution in [2.45, 2.75) is 6.92 Å². The summed E-state index contributed by atoms with van der Waals surface area (Å²) in [7, 11) is 0. The van der Waals surface area contributed by atoms with E-state index >= 15 is 0 Å². The van der Waals surface area contributed by atoms with E-state index in [-0.39, 0.29) is 0 Å². The zero-order valence-corrected chi connectivity index (χ0v) is 13.1. The lowest BCUT2D eigenvalue weighted by Gasteiger charge is -2.36. The summed E-state index contributed by atoms with van der Waals surface area (Å²) in [5, 5.41) is 8.78. The highest BCUT2D eigenvalue weighted by atomic mass is 79.9. The first-order chi connectivity index (χ1) is 9.60. The second kappa shape index (κ2) is 6.90. The molecule has 0 spiro atoms. The number of piperazine rings is 1. The van der Waals surface area contributed by atoms with Crippen molar-refractivity contribution in [1.29, 1.82) is 0 Å². The number of nitrogens with zero attached hydrogens (tertiary/aromatic N) is 2. The molecular weight excluding hydrogens is 320 g/mol. The third kappa shape index (κ3) is 3.84. The van der Waals surface area contributed by atoms with E-state index in [2.05, 4.69) is 38.7 Å². The van der Waals surface area contributed by atoms with Crippen LogP contribution in [0.5, 0.6) is 0 Å². The summed E-state index contributed by atoms with van der Waals surface area (Å²) in [5.41, 5.74) is 2.04. The fourth-order valence-electron chi connectivity index (χ4n) is 2.40. The molecule has 20 heavy (non-hydrogen) atoms. The Morgan fingerprint density at radius 3 is 2.65 bits per heavy atom. The van der Waals surface area contributed by atoms with E-state index in [0.717, 1.165) is 48.4 Å². The van der Waals surface area contributed by atoms with E-state index in [9.17, 15) is 4.79 Å². The molecule has 0 amide bonds. The van der Waals surface area contributed by atoms with E-state index in [1.807, 2.05) is 12.1 Å². The SMILES string of the molecule is CCN1CCN(c2cc(Br)ccc2/C=C/C(=O)O)CC1. The van der Waals surface area contributed by atoms with Crippen molar-refractivity contribution in [2.24, 2.45) is 0 Å². The Bertz CT molecular complexity index is 509. The first kappa shape index (κ1) is 15.1. The molecule has 1 aliphatic rings. The molecule has 1 heterocycles. The summed E-state index contributed by atoms with van der Waals surface area (Å²) in [6, 6.07) is 5.95. The molecule has 5 heteroatoms. The van der Waals surface area contributed by atoms with Crippen LogP contribution >= 0.6 is 15.9 Å². The van der Waals surface area contributed by atoms with E-state index in [4.69, 9.17) is 5.11 Å². The molecule has 0 radical (unpaired) electrons. The minimum Gasteiger partial charge on any atom is -0.478 e. The summed E-state index contributed by atoms with van der Waals surface area (Å²) < 4.78 is 1.01. The van der Waals surface area contributed by atoms with Crippen molar-refractivity contribution in [3.05, 3.63) is 34.3 Å². The van der Waals surface area contributed by atoms with Gasteiger partial charge in [0.2, 0.25) is 0 Å². The molecular formula is C15H19BrN2O2. The lowest BCUT2D eigenvalue weighted by Crippen LogP contribution is -2.46. The first-order valence-corrected chi connectivity index (χ1v) is 7.57. The highest BCUT2D eigenvalue weighted by Crippen LogP contribution is 2.27. The average molecular weight is 339 g/mol. The zero-order chi connectivity index (χ0) is 14.5. The third-order valence-electron chi connectivity index (χ3n) is 3.56. The Hall–Kier alpha value is -1.33. The summed E-state index contributed by atoms with van der Waals surface area (Å²) in [4.78, 5) is 15.4. The molecule has 0 aromatic heterocycles. The van der Waals surface area contributed by atoms with Crippen LogP contribution in [0.4, 0.5) is 5.69 Å². The van der Waals surface area contributed by atoms with Crippen LogP contribution in [0.25, 0.3) is 6.08 Å². The van der Waals surface area contributed by atoms with Crippen LogP contribution in [0.1, 0.15) is 12.5 Å². The number of hydrogen-bond acceptors (Lipinski definition) is 3. The minimum atomic E-state index is -0.922. The van der Waals surface area contributed by atoms with Gasteiger partial charge < -0.3 is 14.9 Å². The lowest BCUT2D eigenvalue weighted by atomic mass is 10.1. The van der Waals surface area contributed by atoms with Gasteiger partial charge in [0.05, 0.1) is 0 Å². The number of aliphatic carboxylic acids is 1. The topological polar surface area (TPSA) is 43.8 Å². The Morgan fingerprint density at radius 1 is 1.35 bits per heavy atom. The van der Waals surface area contributed by atoms with Crippen molar-refractivity contribution in [2.75, 3.05) is 37.6 Å². The Labute approximate surface area is 127 Å². The lowest BCUT2D eigenvalue weighted by molar-refractivity contribution is -0.131. The predicted molar refractivity (Wildman–Crippen MR) is 85.1 cm³/mol. The average Bonchev–Trinajstić information content (AvgIpc) is 2.46. The molecule has 0 saturated carbocycles. The molecule has 1 aromatic carbocycles. The molecule has 1 saturated heterocycles. The maximum Gasteiger partial charge on any atom is 0.328 e. The minimum absolute atomic E-state index is 0.922. The number of rotatable bonds is 4. The fourth-order valence-corrected chi connectivity index (χ4v) is 2.75. The van der Waals surface area contributed by atoms with Crippen LogP contribution in [-0.4, -0.2) is 48.7 Å². The molecule has 0 atom stereocenters. The van der Waals surface area contributed by atoms with Crippen LogP contribution in [0.3, 0.4) is 0 Å². The van der Waals surface area contributed by atoms with Gasteiger partial charge in [0.25, 0.3) is 0 Å². The first-order valence-electron chi connectivity index (χ1n) is 6.78.